The van der Waals surface area contributed by atoms with Gasteiger partial charge in [0, 0.05) is 29.9 Å². The van der Waals surface area contributed by atoms with E-state index in [-0.39, 0.29) is 6.10 Å². The Morgan fingerprint density at radius 3 is 3.18 bits per heavy atom. The van der Waals surface area contributed by atoms with E-state index < -0.39 is 6.16 Å². The van der Waals surface area contributed by atoms with Crippen molar-refractivity contribution >= 4 is 33.8 Å². The molecule has 8 nitrogen and oxygen atoms in total. The fourth-order valence-electron chi connectivity index (χ4n) is 2.97. The van der Waals surface area contributed by atoms with Gasteiger partial charge in [0.2, 0.25) is 0 Å². The molecular weight excluding hydrogens is 286 g/mol. The fourth-order valence-corrected chi connectivity index (χ4v) is 2.97. The van der Waals surface area contributed by atoms with E-state index in [0.717, 1.165) is 28.5 Å². The van der Waals surface area contributed by atoms with E-state index in [1.807, 2.05) is 6.07 Å². The standard InChI is InChI=1S/C14H13N5O3/c20-14(21)22-8-2-4-19(7-8)11-6-17-18-10-5-16-13-9(12(10)11)1-3-15-13/h1,3,5-6,8,18H,2,4,7H2,(H,20,21). The van der Waals surface area contributed by atoms with Gasteiger partial charge in [-0.05, 0) is 6.07 Å². The van der Waals surface area contributed by atoms with Crippen LogP contribution in [0.1, 0.15) is 6.42 Å². The Balaban J connectivity index is 1.79. The molecule has 1 fully saturated rings. The number of pyridine rings is 1. The maximum Gasteiger partial charge on any atom is 0.506 e. The number of fused-ring (bicyclic) bond motifs is 3. The molecule has 1 aliphatic rings. The van der Waals surface area contributed by atoms with Crippen LogP contribution in [0.15, 0.2) is 24.7 Å². The molecule has 112 valence electrons. The molecule has 0 radical (unpaired) electrons. The smallest absolute Gasteiger partial charge is 0.450 e. The van der Waals surface area contributed by atoms with Gasteiger partial charge in [0.15, 0.2) is 5.65 Å². The number of carbonyl (C=O) groups is 1. The number of ether oxygens (including phenoxy) is 1. The molecule has 8 heteroatoms. The van der Waals surface area contributed by atoms with E-state index in [1.54, 1.807) is 18.6 Å². The minimum atomic E-state index is -1.23. The average molecular weight is 299 g/mol. The van der Waals surface area contributed by atoms with Gasteiger partial charge in [-0.1, -0.05) is 0 Å². The second kappa shape index (κ2) is 4.83. The van der Waals surface area contributed by atoms with Crippen molar-refractivity contribution in [2.45, 2.75) is 12.5 Å². The van der Waals surface area contributed by atoms with Crippen LogP contribution in [0.4, 0.5) is 10.5 Å². The number of anilines is 1. The Labute approximate surface area is 124 Å². The number of rotatable bonds is 2. The van der Waals surface area contributed by atoms with Gasteiger partial charge in [0.1, 0.15) is 6.10 Å². The molecule has 1 saturated heterocycles. The quantitative estimate of drug-likeness (QED) is 0.695. The number of carboxylic acid groups (broad SMARTS) is 1. The molecule has 4 rings (SSSR count). The van der Waals surface area contributed by atoms with Gasteiger partial charge in [-0.2, -0.15) is 5.10 Å². The summed E-state index contributed by atoms with van der Waals surface area (Å²) in [4.78, 5) is 21.3. The molecule has 3 aromatic heterocycles. The number of aromatic nitrogens is 4. The number of nitrogens with one attached hydrogen (secondary N) is 1. The zero-order chi connectivity index (χ0) is 15.1. The lowest BCUT2D eigenvalue weighted by Gasteiger charge is -2.20. The molecule has 4 heterocycles. The predicted octanol–water partition coefficient (Wildman–Crippen LogP) is 1.78. The summed E-state index contributed by atoms with van der Waals surface area (Å²) < 4.78 is 4.87. The third kappa shape index (κ3) is 2.00. The molecule has 0 bridgehead atoms. The zero-order valence-corrected chi connectivity index (χ0v) is 11.6. The Hall–Kier alpha value is -2.90. The maximum absolute atomic E-state index is 10.7. The third-order valence-electron chi connectivity index (χ3n) is 3.91. The zero-order valence-electron chi connectivity index (χ0n) is 11.6. The molecule has 0 saturated carbocycles. The van der Waals surface area contributed by atoms with Crippen molar-refractivity contribution in [3.8, 4) is 0 Å². The van der Waals surface area contributed by atoms with Crippen molar-refractivity contribution in [1.29, 1.82) is 0 Å². The van der Waals surface area contributed by atoms with E-state index in [2.05, 4.69) is 25.1 Å². The molecule has 2 N–H and O–H groups in total. The van der Waals surface area contributed by atoms with Crippen LogP contribution in [0, 0.1) is 0 Å². The molecule has 1 atom stereocenters. The van der Waals surface area contributed by atoms with Gasteiger partial charge < -0.3 is 14.7 Å². The van der Waals surface area contributed by atoms with Crippen molar-refractivity contribution in [3.63, 3.8) is 0 Å². The van der Waals surface area contributed by atoms with Crippen molar-refractivity contribution in [2.75, 3.05) is 18.0 Å². The monoisotopic (exact) mass is 299 g/mol. The van der Waals surface area contributed by atoms with Crippen LogP contribution < -0.4 is 4.90 Å². The Bertz CT molecular complexity index is 862. The number of nitrogens with zero attached hydrogens (tertiary/aromatic N) is 4. The van der Waals surface area contributed by atoms with Crippen LogP contribution >= 0.6 is 0 Å². The van der Waals surface area contributed by atoms with Gasteiger partial charge in [0.05, 0.1) is 30.1 Å². The Morgan fingerprint density at radius 1 is 1.41 bits per heavy atom. The predicted molar refractivity (Wildman–Crippen MR) is 78.9 cm³/mol. The first kappa shape index (κ1) is 12.8. The summed E-state index contributed by atoms with van der Waals surface area (Å²) in [7, 11) is 0. The normalized spacial score (nSPS) is 18.2. The summed E-state index contributed by atoms with van der Waals surface area (Å²) in [5.41, 5.74) is 2.44. The van der Waals surface area contributed by atoms with Crippen LogP contribution in [0.5, 0.6) is 0 Å². The summed E-state index contributed by atoms with van der Waals surface area (Å²) in [6.07, 6.45) is 4.30. The average Bonchev–Trinajstić information content (AvgIpc) is 3.14. The van der Waals surface area contributed by atoms with Gasteiger partial charge in [0.25, 0.3) is 0 Å². The van der Waals surface area contributed by atoms with Crippen LogP contribution in [-0.2, 0) is 4.74 Å². The third-order valence-corrected chi connectivity index (χ3v) is 3.91. The van der Waals surface area contributed by atoms with Gasteiger partial charge >= 0.3 is 6.16 Å². The number of hydrogen-bond donors (Lipinski definition) is 2. The van der Waals surface area contributed by atoms with E-state index in [9.17, 15) is 4.79 Å². The second-order valence-electron chi connectivity index (χ2n) is 5.22. The van der Waals surface area contributed by atoms with Crippen molar-refractivity contribution in [1.82, 2.24) is 20.2 Å². The molecule has 0 amide bonds. The summed E-state index contributed by atoms with van der Waals surface area (Å²) in [5.74, 6) is 0. The Morgan fingerprint density at radius 2 is 2.32 bits per heavy atom. The van der Waals surface area contributed by atoms with E-state index in [4.69, 9.17) is 9.84 Å². The summed E-state index contributed by atoms with van der Waals surface area (Å²) in [6, 6.07) is 1.92. The number of H-pyrrole nitrogens is 1. The van der Waals surface area contributed by atoms with Crippen molar-refractivity contribution in [3.05, 3.63) is 24.7 Å². The van der Waals surface area contributed by atoms with E-state index in [1.165, 1.54) is 0 Å². The first-order valence-corrected chi connectivity index (χ1v) is 6.93. The molecule has 3 aromatic rings. The Kier molecular flexibility index (Phi) is 2.81. The number of aromatic amines is 1. The first-order chi connectivity index (χ1) is 10.7. The molecular formula is C14H13N5O3. The SMILES string of the molecule is O=C(O)OC1CCN(c2cn[nH]c3cnc4nccc4c23)C1. The topological polar surface area (TPSA) is 104 Å². The molecule has 0 aromatic carbocycles. The molecule has 1 unspecified atom stereocenters. The van der Waals surface area contributed by atoms with Crippen molar-refractivity contribution < 1.29 is 14.6 Å². The fraction of sp³-hybridized carbons (Fsp3) is 0.286. The van der Waals surface area contributed by atoms with Crippen LogP contribution in [0.25, 0.3) is 21.9 Å². The molecule has 0 aliphatic carbocycles. The van der Waals surface area contributed by atoms with E-state index >= 15 is 0 Å². The lowest BCUT2D eigenvalue weighted by Crippen LogP contribution is -2.24. The lowest BCUT2D eigenvalue weighted by atomic mass is 10.1. The van der Waals surface area contributed by atoms with Crippen molar-refractivity contribution in [2.24, 2.45) is 0 Å². The van der Waals surface area contributed by atoms with Gasteiger partial charge in [-0.25, -0.2) is 14.8 Å². The minimum absolute atomic E-state index is 0.313. The van der Waals surface area contributed by atoms with Crippen LogP contribution in [-0.4, -0.2) is 50.6 Å². The van der Waals surface area contributed by atoms with Gasteiger partial charge in [-0.3, -0.25) is 5.10 Å². The highest BCUT2D eigenvalue weighted by Crippen LogP contribution is 2.32. The lowest BCUT2D eigenvalue weighted by molar-refractivity contribution is 0.0602. The molecule has 22 heavy (non-hydrogen) atoms. The number of hydrogen-bond acceptors (Lipinski definition) is 6. The summed E-state index contributed by atoms with van der Waals surface area (Å²) >= 11 is 0. The summed E-state index contributed by atoms with van der Waals surface area (Å²) in [6.45, 7) is 1.24. The molecule has 0 spiro atoms. The first-order valence-electron chi connectivity index (χ1n) is 6.93. The second-order valence-corrected chi connectivity index (χ2v) is 5.22. The highest BCUT2D eigenvalue weighted by molar-refractivity contribution is 6.09. The highest BCUT2D eigenvalue weighted by atomic mass is 16.7. The van der Waals surface area contributed by atoms with Crippen LogP contribution in [0.3, 0.4) is 0 Å². The van der Waals surface area contributed by atoms with Crippen LogP contribution in [0.2, 0.25) is 0 Å². The molecule has 1 aliphatic heterocycles. The van der Waals surface area contributed by atoms with E-state index in [0.29, 0.717) is 18.6 Å². The minimum Gasteiger partial charge on any atom is -0.450 e. The maximum atomic E-state index is 10.7. The highest BCUT2D eigenvalue weighted by Gasteiger charge is 2.27. The largest absolute Gasteiger partial charge is 0.506 e. The van der Waals surface area contributed by atoms with Gasteiger partial charge in [-0.15, -0.1) is 0 Å². The summed E-state index contributed by atoms with van der Waals surface area (Å²) in [5, 5.41) is 17.8.